The molecule has 0 bridgehead atoms. The molecular weight excluding hydrogens is 379 g/mol. The average molecular weight is 405 g/mol. The lowest BCUT2D eigenvalue weighted by atomic mass is 10.0. The lowest BCUT2D eigenvalue weighted by molar-refractivity contribution is 0.676. The zero-order valence-electron chi connectivity index (χ0n) is 16.0. The molecule has 27 heavy (non-hydrogen) atoms. The van der Waals surface area contributed by atoms with Gasteiger partial charge in [-0.15, -0.1) is 0 Å². The molecule has 0 atom stereocenters. The van der Waals surface area contributed by atoms with Gasteiger partial charge >= 0.3 is 0 Å². The zero-order valence-corrected chi connectivity index (χ0v) is 17.5. The minimum atomic E-state index is 0.652. The first-order valence-electron chi connectivity index (χ1n) is 9.92. The summed E-state index contributed by atoms with van der Waals surface area (Å²) in [6.45, 7) is 7.28. The maximum absolute atomic E-state index is 6.52. The number of hydrogen-bond donors (Lipinski definition) is 0. The van der Waals surface area contributed by atoms with Crippen molar-refractivity contribution in [2.75, 3.05) is 29.4 Å². The van der Waals surface area contributed by atoms with E-state index in [4.69, 9.17) is 33.2 Å². The molecule has 0 unspecified atom stereocenters. The monoisotopic (exact) mass is 404 g/mol. The van der Waals surface area contributed by atoms with Crippen molar-refractivity contribution in [3.05, 3.63) is 39.6 Å². The van der Waals surface area contributed by atoms with Crippen molar-refractivity contribution in [2.45, 2.75) is 46.0 Å². The van der Waals surface area contributed by atoms with Crippen LogP contribution in [-0.2, 0) is 6.42 Å². The fourth-order valence-electron chi connectivity index (χ4n) is 3.90. The Morgan fingerprint density at radius 3 is 2.74 bits per heavy atom. The largest absolute Gasteiger partial charge is 0.356 e. The van der Waals surface area contributed by atoms with Crippen LogP contribution in [0.1, 0.15) is 44.0 Å². The van der Waals surface area contributed by atoms with Gasteiger partial charge in [0.2, 0.25) is 0 Å². The molecule has 4 nitrogen and oxygen atoms in total. The molecule has 0 amide bonds. The predicted octanol–water partition coefficient (Wildman–Crippen LogP) is 5.80. The van der Waals surface area contributed by atoms with Gasteiger partial charge in [-0.2, -0.15) is 0 Å². The lowest BCUT2D eigenvalue weighted by Gasteiger charge is -2.34. The van der Waals surface area contributed by atoms with Crippen LogP contribution in [0.25, 0.3) is 0 Å². The molecule has 0 spiro atoms. The third-order valence-corrected chi connectivity index (χ3v) is 5.85. The standard InChI is InChI=1S/C21H26Cl2N4/c1-3-10-26(13-15-6-7-15)20-17-5-4-11-27(21(17)25-14(2)24-20)19-9-8-16(22)12-18(19)23/h8-9,12,15H,3-7,10-11,13H2,1-2H3. The number of anilines is 3. The topological polar surface area (TPSA) is 32.3 Å². The molecule has 2 aromatic rings. The first-order chi connectivity index (χ1) is 13.1. The second-order valence-electron chi connectivity index (χ2n) is 7.64. The van der Waals surface area contributed by atoms with E-state index < -0.39 is 0 Å². The van der Waals surface area contributed by atoms with E-state index in [1.807, 2.05) is 19.1 Å². The van der Waals surface area contributed by atoms with Gasteiger partial charge in [-0.25, -0.2) is 9.97 Å². The van der Waals surface area contributed by atoms with Gasteiger partial charge in [-0.05, 0) is 63.1 Å². The van der Waals surface area contributed by atoms with Crippen molar-refractivity contribution in [1.29, 1.82) is 0 Å². The summed E-state index contributed by atoms with van der Waals surface area (Å²) in [5, 5.41) is 1.32. The van der Waals surface area contributed by atoms with Crippen molar-refractivity contribution in [2.24, 2.45) is 5.92 Å². The lowest BCUT2D eigenvalue weighted by Crippen LogP contribution is -2.33. The minimum absolute atomic E-state index is 0.652. The van der Waals surface area contributed by atoms with Crippen molar-refractivity contribution < 1.29 is 0 Å². The van der Waals surface area contributed by atoms with Gasteiger partial charge in [0.05, 0.1) is 10.7 Å². The molecule has 2 aliphatic rings. The van der Waals surface area contributed by atoms with Crippen LogP contribution in [0.4, 0.5) is 17.3 Å². The first kappa shape index (κ1) is 18.8. The van der Waals surface area contributed by atoms with Crippen LogP contribution in [0.15, 0.2) is 18.2 Å². The van der Waals surface area contributed by atoms with Crippen LogP contribution in [0.2, 0.25) is 10.0 Å². The Hall–Kier alpha value is -1.52. The molecule has 4 rings (SSSR count). The molecule has 6 heteroatoms. The minimum Gasteiger partial charge on any atom is -0.356 e. The molecule has 0 radical (unpaired) electrons. The Balaban J connectivity index is 1.77. The van der Waals surface area contributed by atoms with Gasteiger partial charge in [0, 0.05) is 30.2 Å². The van der Waals surface area contributed by atoms with Crippen molar-refractivity contribution in [3.8, 4) is 0 Å². The molecule has 1 aromatic heterocycles. The third kappa shape index (κ3) is 4.02. The van der Waals surface area contributed by atoms with E-state index in [2.05, 4.69) is 16.7 Å². The summed E-state index contributed by atoms with van der Waals surface area (Å²) in [6, 6.07) is 5.69. The number of nitrogens with zero attached hydrogens (tertiary/aromatic N) is 4. The van der Waals surface area contributed by atoms with Gasteiger partial charge in [0.25, 0.3) is 0 Å². The average Bonchev–Trinajstić information content (AvgIpc) is 3.45. The van der Waals surface area contributed by atoms with Crippen molar-refractivity contribution >= 4 is 40.5 Å². The first-order valence-corrected chi connectivity index (χ1v) is 10.7. The fourth-order valence-corrected chi connectivity index (χ4v) is 4.41. The Labute approximate surface area is 171 Å². The molecule has 1 saturated carbocycles. The van der Waals surface area contributed by atoms with Crippen LogP contribution < -0.4 is 9.80 Å². The summed E-state index contributed by atoms with van der Waals surface area (Å²) in [7, 11) is 0. The molecule has 0 N–H and O–H groups in total. The van der Waals surface area contributed by atoms with Crippen molar-refractivity contribution in [1.82, 2.24) is 9.97 Å². The van der Waals surface area contributed by atoms with Gasteiger partial charge < -0.3 is 9.80 Å². The van der Waals surface area contributed by atoms with Gasteiger partial charge in [-0.3, -0.25) is 0 Å². The molecule has 0 saturated heterocycles. The highest BCUT2D eigenvalue weighted by Crippen LogP contribution is 2.41. The van der Waals surface area contributed by atoms with E-state index in [0.717, 1.165) is 68.0 Å². The smallest absolute Gasteiger partial charge is 0.142 e. The molecule has 1 fully saturated rings. The number of hydrogen-bond acceptors (Lipinski definition) is 4. The summed E-state index contributed by atoms with van der Waals surface area (Å²) in [6.07, 6.45) is 5.89. The zero-order chi connectivity index (χ0) is 19.0. The summed E-state index contributed by atoms with van der Waals surface area (Å²) >= 11 is 12.6. The maximum Gasteiger partial charge on any atom is 0.142 e. The second-order valence-corrected chi connectivity index (χ2v) is 8.48. The summed E-state index contributed by atoms with van der Waals surface area (Å²) < 4.78 is 0. The van der Waals surface area contributed by atoms with E-state index in [9.17, 15) is 0 Å². The van der Waals surface area contributed by atoms with Gasteiger partial charge in [0.15, 0.2) is 0 Å². The normalized spacial score (nSPS) is 16.4. The maximum atomic E-state index is 6.52. The molecule has 1 aromatic carbocycles. The number of aryl methyl sites for hydroxylation is 1. The van der Waals surface area contributed by atoms with Crippen LogP contribution in [0.3, 0.4) is 0 Å². The molecular formula is C21H26Cl2N4. The molecule has 144 valence electrons. The molecule has 2 heterocycles. The van der Waals surface area contributed by atoms with E-state index >= 15 is 0 Å². The van der Waals surface area contributed by atoms with Gasteiger partial charge in [0.1, 0.15) is 17.5 Å². The Morgan fingerprint density at radius 2 is 2.04 bits per heavy atom. The van der Waals surface area contributed by atoms with Crippen LogP contribution in [0.5, 0.6) is 0 Å². The van der Waals surface area contributed by atoms with E-state index in [-0.39, 0.29) is 0 Å². The predicted molar refractivity (Wildman–Crippen MR) is 114 cm³/mol. The fraction of sp³-hybridized carbons (Fsp3) is 0.524. The molecule has 1 aliphatic carbocycles. The summed E-state index contributed by atoms with van der Waals surface area (Å²) in [5.74, 6) is 3.77. The number of halogens is 2. The number of rotatable bonds is 6. The Kier molecular flexibility index (Phi) is 5.47. The Morgan fingerprint density at radius 1 is 1.22 bits per heavy atom. The Bertz CT molecular complexity index is 835. The second kappa shape index (κ2) is 7.84. The third-order valence-electron chi connectivity index (χ3n) is 5.31. The van der Waals surface area contributed by atoms with Crippen LogP contribution in [0, 0.1) is 12.8 Å². The van der Waals surface area contributed by atoms with E-state index in [1.54, 1.807) is 6.07 Å². The number of aromatic nitrogens is 2. The van der Waals surface area contributed by atoms with Crippen LogP contribution in [-0.4, -0.2) is 29.6 Å². The van der Waals surface area contributed by atoms with Crippen LogP contribution >= 0.6 is 23.2 Å². The van der Waals surface area contributed by atoms with E-state index in [1.165, 1.54) is 18.4 Å². The van der Waals surface area contributed by atoms with Gasteiger partial charge in [-0.1, -0.05) is 30.1 Å². The summed E-state index contributed by atoms with van der Waals surface area (Å²) in [4.78, 5) is 14.4. The highest BCUT2D eigenvalue weighted by molar-refractivity contribution is 6.36. The highest BCUT2D eigenvalue weighted by atomic mass is 35.5. The number of fused-ring (bicyclic) bond motifs is 1. The SMILES string of the molecule is CCCN(CC1CC1)c1nc(C)nc2c1CCCN2c1ccc(Cl)cc1Cl. The molecule has 1 aliphatic heterocycles. The number of benzene rings is 1. The van der Waals surface area contributed by atoms with E-state index in [0.29, 0.717) is 10.0 Å². The van der Waals surface area contributed by atoms with Crippen molar-refractivity contribution in [3.63, 3.8) is 0 Å². The highest BCUT2D eigenvalue weighted by Gasteiger charge is 2.30. The quantitative estimate of drug-likeness (QED) is 0.608. The summed E-state index contributed by atoms with van der Waals surface area (Å²) in [5.41, 5.74) is 2.22.